The standard InChI is InChI=1S/C6H3FI2O/c7-6-4(8)1-3(10)2-5(6)9/h1-2,10H. The summed E-state index contributed by atoms with van der Waals surface area (Å²) in [6.07, 6.45) is 0. The zero-order valence-electron chi connectivity index (χ0n) is 4.74. The molecule has 0 radical (unpaired) electrons. The molecular formula is C6H3FI2O. The number of phenols is 1. The number of aromatic hydroxyl groups is 1. The van der Waals surface area contributed by atoms with Gasteiger partial charge in [0.25, 0.3) is 0 Å². The fraction of sp³-hybridized carbons (Fsp3) is 0. The maximum absolute atomic E-state index is 12.8. The fourth-order valence-corrected chi connectivity index (χ4v) is 2.28. The van der Waals surface area contributed by atoms with Crippen molar-refractivity contribution >= 4 is 45.2 Å². The molecule has 0 aromatic heterocycles. The monoisotopic (exact) mass is 364 g/mol. The van der Waals surface area contributed by atoms with Gasteiger partial charge in [-0.25, -0.2) is 4.39 Å². The van der Waals surface area contributed by atoms with Crippen LogP contribution in [0.5, 0.6) is 5.75 Å². The Morgan fingerprint density at radius 1 is 1.20 bits per heavy atom. The Balaban J connectivity index is 3.31. The first-order valence-corrected chi connectivity index (χ1v) is 4.60. The molecule has 1 aromatic rings. The van der Waals surface area contributed by atoms with Crippen molar-refractivity contribution in [3.63, 3.8) is 0 Å². The van der Waals surface area contributed by atoms with Crippen molar-refractivity contribution in [2.24, 2.45) is 0 Å². The second kappa shape index (κ2) is 3.21. The highest BCUT2D eigenvalue weighted by molar-refractivity contribution is 14.1. The van der Waals surface area contributed by atoms with E-state index in [0.717, 1.165) is 0 Å². The molecule has 0 aliphatic heterocycles. The van der Waals surface area contributed by atoms with E-state index in [9.17, 15) is 4.39 Å². The molecule has 1 N–H and O–H groups in total. The molecule has 0 spiro atoms. The van der Waals surface area contributed by atoms with Gasteiger partial charge in [-0.1, -0.05) is 0 Å². The molecule has 0 aliphatic carbocycles. The number of hydrogen-bond donors (Lipinski definition) is 1. The first-order valence-electron chi connectivity index (χ1n) is 2.45. The summed E-state index contributed by atoms with van der Waals surface area (Å²) in [5, 5.41) is 8.94. The first-order chi connectivity index (χ1) is 4.61. The lowest BCUT2D eigenvalue weighted by molar-refractivity contribution is 0.471. The van der Waals surface area contributed by atoms with Crippen LogP contribution in [0.25, 0.3) is 0 Å². The van der Waals surface area contributed by atoms with Crippen LogP contribution in [0.3, 0.4) is 0 Å². The minimum Gasteiger partial charge on any atom is -0.508 e. The summed E-state index contributed by atoms with van der Waals surface area (Å²) in [7, 11) is 0. The van der Waals surface area contributed by atoms with Gasteiger partial charge in [0, 0.05) is 0 Å². The Labute approximate surface area is 84.9 Å². The van der Waals surface area contributed by atoms with Crippen molar-refractivity contribution in [3.8, 4) is 5.75 Å². The molecule has 0 unspecified atom stereocenters. The highest BCUT2D eigenvalue weighted by Gasteiger charge is 2.04. The first kappa shape index (κ1) is 8.51. The SMILES string of the molecule is Oc1cc(I)c(F)c(I)c1. The minimum absolute atomic E-state index is 0.107. The Hall–Kier alpha value is 0.410. The van der Waals surface area contributed by atoms with Crippen molar-refractivity contribution in [3.05, 3.63) is 25.1 Å². The molecule has 0 atom stereocenters. The average molecular weight is 364 g/mol. The van der Waals surface area contributed by atoms with Gasteiger partial charge in [0.1, 0.15) is 11.6 Å². The van der Waals surface area contributed by atoms with Crippen LogP contribution >= 0.6 is 45.2 Å². The number of halogens is 3. The normalized spacial score (nSPS) is 9.90. The lowest BCUT2D eigenvalue weighted by atomic mass is 10.3. The predicted octanol–water partition coefficient (Wildman–Crippen LogP) is 2.74. The number of phenolic OH excluding ortho intramolecular Hbond substituents is 1. The Kier molecular flexibility index (Phi) is 2.73. The molecule has 0 saturated carbocycles. The van der Waals surface area contributed by atoms with Crippen LogP contribution < -0.4 is 0 Å². The Bertz CT molecular complexity index is 239. The van der Waals surface area contributed by atoms with Crippen LogP contribution in [0.2, 0.25) is 0 Å². The Morgan fingerprint density at radius 2 is 1.60 bits per heavy atom. The van der Waals surface area contributed by atoms with E-state index in [1.54, 1.807) is 0 Å². The largest absolute Gasteiger partial charge is 0.508 e. The summed E-state index contributed by atoms with van der Waals surface area (Å²) in [5.74, 6) is -0.158. The van der Waals surface area contributed by atoms with Crippen LogP contribution in [0.4, 0.5) is 4.39 Å². The molecule has 0 fully saturated rings. The summed E-state index contributed by atoms with van der Waals surface area (Å²) in [6, 6.07) is 2.77. The summed E-state index contributed by atoms with van der Waals surface area (Å²) in [4.78, 5) is 0. The molecule has 0 heterocycles. The maximum Gasteiger partial charge on any atom is 0.150 e. The van der Waals surface area contributed by atoms with Crippen molar-refractivity contribution in [2.45, 2.75) is 0 Å². The zero-order valence-corrected chi connectivity index (χ0v) is 9.05. The fourth-order valence-electron chi connectivity index (χ4n) is 0.542. The van der Waals surface area contributed by atoms with Crippen LogP contribution in [-0.2, 0) is 0 Å². The van der Waals surface area contributed by atoms with Crippen molar-refractivity contribution in [1.29, 1.82) is 0 Å². The van der Waals surface area contributed by atoms with Gasteiger partial charge in [0.15, 0.2) is 0 Å². The van der Waals surface area contributed by atoms with E-state index >= 15 is 0 Å². The van der Waals surface area contributed by atoms with Crippen molar-refractivity contribution in [2.75, 3.05) is 0 Å². The van der Waals surface area contributed by atoms with Crippen molar-refractivity contribution < 1.29 is 9.50 Å². The molecule has 54 valence electrons. The average Bonchev–Trinajstić information content (AvgIpc) is 1.82. The minimum atomic E-state index is -0.265. The zero-order chi connectivity index (χ0) is 7.72. The number of rotatable bonds is 0. The van der Waals surface area contributed by atoms with E-state index in [4.69, 9.17) is 5.11 Å². The molecule has 4 heteroatoms. The molecule has 0 amide bonds. The maximum atomic E-state index is 12.8. The third-order valence-corrected chi connectivity index (χ3v) is 2.54. The van der Waals surface area contributed by atoms with Crippen LogP contribution in [0, 0.1) is 13.0 Å². The molecule has 0 bridgehead atoms. The van der Waals surface area contributed by atoms with Gasteiger partial charge in [-0.15, -0.1) is 0 Å². The third-order valence-electron chi connectivity index (χ3n) is 0.969. The number of hydrogen-bond acceptors (Lipinski definition) is 1. The van der Waals surface area contributed by atoms with E-state index in [-0.39, 0.29) is 11.6 Å². The van der Waals surface area contributed by atoms with Crippen LogP contribution in [0.15, 0.2) is 12.1 Å². The van der Waals surface area contributed by atoms with Gasteiger partial charge < -0.3 is 5.11 Å². The van der Waals surface area contributed by atoms with Crippen LogP contribution in [0.1, 0.15) is 0 Å². The third kappa shape index (κ3) is 1.71. The summed E-state index contributed by atoms with van der Waals surface area (Å²) < 4.78 is 13.7. The van der Waals surface area contributed by atoms with Gasteiger partial charge in [-0.05, 0) is 57.3 Å². The predicted molar refractivity (Wildman–Crippen MR) is 53.5 cm³/mol. The van der Waals surface area contributed by atoms with Gasteiger partial charge in [-0.3, -0.25) is 0 Å². The van der Waals surface area contributed by atoms with Gasteiger partial charge in [0.2, 0.25) is 0 Å². The lowest BCUT2D eigenvalue weighted by Gasteiger charge is -1.97. The lowest BCUT2D eigenvalue weighted by Crippen LogP contribution is -1.85. The van der Waals surface area contributed by atoms with E-state index in [1.165, 1.54) is 12.1 Å². The van der Waals surface area contributed by atoms with E-state index in [1.807, 2.05) is 45.2 Å². The highest BCUT2D eigenvalue weighted by atomic mass is 127. The smallest absolute Gasteiger partial charge is 0.150 e. The second-order valence-corrected chi connectivity index (χ2v) is 4.05. The topological polar surface area (TPSA) is 20.2 Å². The van der Waals surface area contributed by atoms with Gasteiger partial charge in [-0.2, -0.15) is 0 Å². The molecule has 1 aromatic carbocycles. The van der Waals surface area contributed by atoms with Crippen LogP contribution in [-0.4, -0.2) is 5.11 Å². The van der Waals surface area contributed by atoms with Crippen molar-refractivity contribution in [1.82, 2.24) is 0 Å². The molecule has 0 aliphatic rings. The van der Waals surface area contributed by atoms with Gasteiger partial charge >= 0.3 is 0 Å². The number of benzene rings is 1. The van der Waals surface area contributed by atoms with E-state index in [0.29, 0.717) is 7.14 Å². The molecule has 1 rings (SSSR count). The summed E-state index contributed by atoms with van der Waals surface area (Å²) in [6.45, 7) is 0. The highest BCUT2D eigenvalue weighted by Crippen LogP contribution is 2.22. The molecule has 10 heavy (non-hydrogen) atoms. The summed E-state index contributed by atoms with van der Waals surface area (Å²) in [5.41, 5.74) is 0. The molecular weight excluding hydrogens is 361 g/mol. The quantitative estimate of drug-likeness (QED) is 0.555. The second-order valence-electron chi connectivity index (χ2n) is 1.72. The van der Waals surface area contributed by atoms with Gasteiger partial charge in [0.05, 0.1) is 7.14 Å². The van der Waals surface area contributed by atoms with E-state index in [2.05, 4.69) is 0 Å². The molecule has 0 saturated heterocycles. The summed E-state index contributed by atoms with van der Waals surface area (Å²) >= 11 is 3.67. The Morgan fingerprint density at radius 3 is 2.00 bits per heavy atom. The van der Waals surface area contributed by atoms with E-state index < -0.39 is 0 Å². The molecule has 1 nitrogen and oxygen atoms in total.